The Hall–Kier alpha value is -2.79. The van der Waals surface area contributed by atoms with Gasteiger partial charge in [-0.3, -0.25) is 4.79 Å². The highest BCUT2D eigenvalue weighted by molar-refractivity contribution is 5.89. The molecule has 3 aromatic rings. The predicted molar refractivity (Wildman–Crippen MR) is 107 cm³/mol. The summed E-state index contributed by atoms with van der Waals surface area (Å²) >= 11 is 0. The highest BCUT2D eigenvalue weighted by atomic mass is 16.5. The molecule has 5 heteroatoms. The van der Waals surface area contributed by atoms with Crippen molar-refractivity contribution in [3.63, 3.8) is 0 Å². The van der Waals surface area contributed by atoms with Crippen LogP contribution in [0.1, 0.15) is 31.7 Å². The minimum absolute atomic E-state index is 0.136. The fraction of sp³-hybridized carbons (Fsp3) is 0.348. The van der Waals surface area contributed by atoms with E-state index in [1.807, 2.05) is 30.3 Å². The van der Waals surface area contributed by atoms with Crippen LogP contribution in [-0.4, -0.2) is 19.7 Å². The zero-order chi connectivity index (χ0) is 19.7. The Balaban J connectivity index is 1.91. The van der Waals surface area contributed by atoms with Crippen LogP contribution in [0.2, 0.25) is 0 Å². The minimum Gasteiger partial charge on any atom is -0.872 e. The van der Waals surface area contributed by atoms with E-state index in [0.29, 0.717) is 34.9 Å². The summed E-state index contributed by atoms with van der Waals surface area (Å²) in [6.45, 7) is 3.80. The lowest BCUT2D eigenvalue weighted by Gasteiger charge is -2.31. The molecule has 0 aliphatic carbocycles. The van der Waals surface area contributed by atoms with Crippen LogP contribution in [0, 0.1) is 0 Å². The van der Waals surface area contributed by atoms with Crippen molar-refractivity contribution in [3.8, 4) is 22.8 Å². The van der Waals surface area contributed by atoms with Crippen molar-refractivity contribution >= 4 is 11.0 Å². The van der Waals surface area contributed by atoms with Crippen molar-refractivity contribution in [2.75, 3.05) is 13.7 Å². The lowest BCUT2D eigenvalue weighted by Crippen LogP contribution is -3.14. The molecule has 1 aromatic heterocycles. The monoisotopic (exact) mass is 379 g/mol. The molecule has 0 radical (unpaired) electrons. The summed E-state index contributed by atoms with van der Waals surface area (Å²) in [5, 5.41) is 13.2. The van der Waals surface area contributed by atoms with Crippen molar-refractivity contribution < 1.29 is 19.2 Å². The Kier molecular flexibility index (Phi) is 5.09. The summed E-state index contributed by atoms with van der Waals surface area (Å²) < 4.78 is 11.5. The van der Waals surface area contributed by atoms with Crippen LogP contribution in [0.25, 0.3) is 22.3 Å². The van der Waals surface area contributed by atoms with Gasteiger partial charge in [-0.25, -0.2) is 0 Å². The van der Waals surface area contributed by atoms with E-state index >= 15 is 0 Å². The van der Waals surface area contributed by atoms with Crippen LogP contribution in [0.4, 0.5) is 0 Å². The molecule has 2 aromatic carbocycles. The third-order valence-electron chi connectivity index (χ3n) is 5.79. The van der Waals surface area contributed by atoms with Crippen LogP contribution in [0.5, 0.6) is 11.5 Å². The largest absolute Gasteiger partial charge is 0.872 e. The smallest absolute Gasteiger partial charge is 0.197 e. The Bertz CT molecular complexity index is 1040. The molecule has 0 saturated carbocycles. The van der Waals surface area contributed by atoms with Crippen molar-refractivity contribution in [2.45, 2.75) is 38.8 Å². The molecule has 0 spiro atoms. The third kappa shape index (κ3) is 3.38. The standard InChI is InChI=1S/C23H25NO4/c1-15-8-6-7-11-24(15)14-17-18(25)12-21(27-2)22-19(26)13-20(28-23(17)22)16-9-4-3-5-10-16/h3-5,9-10,12-13,15,25H,6-8,11,14H2,1-2H3. The number of methoxy groups -OCH3 is 1. The van der Waals surface area contributed by atoms with E-state index in [1.165, 1.54) is 30.6 Å². The quantitative estimate of drug-likeness (QED) is 0.756. The second-order valence-corrected chi connectivity index (χ2v) is 7.58. The average Bonchev–Trinajstić information content (AvgIpc) is 2.71. The first-order valence-electron chi connectivity index (χ1n) is 9.83. The Labute approximate surface area is 164 Å². The van der Waals surface area contributed by atoms with Gasteiger partial charge in [0.25, 0.3) is 0 Å². The molecule has 1 aliphatic rings. The number of ether oxygens (including phenoxy) is 1. The molecule has 0 amide bonds. The fourth-order valence-corrected chi connectivity index (χ4v) is 4.15. The van der Waals surface area contributed by atoms with Gasteiger partial charge in [0.2, 0.25) is 0 Å². The number of nitrogens with one attached hydrogen (secondary N) is 1. The molecule has 1 aliphatic heterocycles. The van der Waals surface area contributed by atoms with E-state index < -0.39 is 0 Å². The van der Waals surface area contributed by atoms with Crippen LogP contribution >= 0.6 is 0 Å². The van der Waals surface area contributed by atoms with E-state index in [4.69, 9.17) is 9.15 Å². The maximum absolute atomic E-state index is 12.9. The summed E-state index contributed by atoms with van der Waals surface area (Å²) in [7, 11) is 1.47. The highest BCUT2D eigenvalue weighted by Gasteiger charge is 2.25. The number of hydrogen-bond donors (Lipinski definition) is 1. The molecule has 1 fully saturated rings. The Morgan fingerprint density at radius 1 is 1.21 bits per heavy atom. The minimum atomic E-state index is -0.195. The summed E-state index contributed by atoms with van der Waals surface area (Å²) in [5.74, 6) is 0.607. The zero-order valence-corrected chi connectivity index (χ0v) is 16.3. The molecule has 1 N–H and O–H groups in total. The van der Waals surface area contributed by atoms with Gasteiger partial charge in [-0.05, 0) is 32.3 Å². The Morgan fingerprint density at radius 3 is 2.71 bits per heavy atom. The van der Waals surface area contributed by atoms with E-state index in [-0.39, 0.29) is 16.9 Å². The van der Waals surface area contributed by atoms with Crippen molar-refractivity contribution in [3.05, 3.63) is 58.3 Å². The van der Waals surface area contributed by atoms with Crippen molar-refractivity contribution in [1.29, 1.82) is 0 Å². The van der Waals surface area contributed by atoms with Crippen molar-refractivity contribution in [1.82, 2.24) is 0 Å². The number of hydrogen-bond acceptors (Lipinski definition) is 4. The summed E-state index contributed by atoms with van der Waals surface area (Å²) in [4.78, 5) is 14.3. The van der Waals surface area contributed by atoms with Gasteiger partial charge in [0, 0.05) is 17.2 Å². The van der Waals surface area contributed by atoms with Gasteiger partial charge in [0.1, 0.15) is 23.4 Å². The van der Waals surface area contributed by atoms with E-state index in [1.54, 1.807) is 0 Å². The predicted octanol–water partition coefficient (Wildman–Crippen LogP) is 2.50. The SMILES string of the molecule is COc1cc([O-])c(C[NH+]2CCCCC2C)c2oc(-c3ccccc3)cc(=O)c12. The third-order valence-corrected chi connectivity index (χ3v) is 5.79. The van der Waals surface area contributed by atoms with Crippen LogP contribution < -0.4 is 20.2 Å². The van der Waals surface area contributed by atoms with Gasteiger partial charge in [-0.1, -0.05) is 36.1 Å². The zero-order valence-electron chi connectivity index (χ0n) is 16.3. The molecular formula is C23H25NO4. The second-order valence-electron chi connectivity index (χ2n) is 7.58. The Morgan fingerprint density at radius 2 is 2.00 bits per heavy atom. The van der Waals surface area contributed by atoms with Crippen molar-refractivity contribution in [2.24, 2.45) is 0 Å². The van der Waals surface area contributed by atoms with Crippen LogP contribution in [0.3, 0.4) is 0 Å². The molecule has 28 heavy (non-hydrogen) atoms. The first-order valence-corrected chi connectivity index (χ1v) is 9.83. The second kappa shape index (κ2) is 7.68. The molecular weight excluding hydrogens is 354 g/mol. The summed E-state index contributed by atoms with van der Waals surface area (Å²) in [6.07, 6.45) is 3.53. The molecule has 2 heterocycles. The maximum Gasteiger partial charge on any atom is 0.197 e. The lowest BCUT2D eigenvalue weighted by molar-refractivity contribution is -0.941. The number of likely N-dealkylation sites (tertiary alicyclic amines) is 1. The number of benzene rings is 2. The van der Waals surface area contributed by atoms with E-state index in [9.17, 15) is 9.90 Å². The van der Waals surface area contributed by atoms with Gasteiger partial charge in [-0.2, -0.15) is 0 Å². The van der Waals surface area contributed by atoms with Gasteiger partial charge >= 0.3 is 0 Å². The molecule has 2 unspecified atom stereocenters. The van der Waals surface area contributed by atoms with Gasteiger partial charge < -0.3 is 19.2 Å². The number of rotatable bonds is 4. The average molecular weight is 379 g/mol. The summed E-state index contributed by atoms with van der Waals surface area (Å²) in [6, 6.07) is 12.9. The van der Waals surface area contributed by atoms with Gasteiger partial charge in [0.15, 0.2) is 11.0 Å². The lowest BCUT2D eigenvalue weighted by atomic mass is 10.0. The van der Waals surface area contributed by atoms with Gasteiger partial charge in [-0.15, -0.1) is 0 Å². The fourth-order valence-electron chi connectivity index (χ4n) is 4.15. The summed E-state index contributed by atoms with van der Waals surface area (Å²) in [5.41, 5.74) is 1.54. The number of piperidine rings is 1. The normalized spacial score (nSPS) is 19.6. The molecule has 4 rings (SSSR count). The van der Waals surface area contributed by atoms with E-state index in [0.717, 1.165) is 24.9 Å². The molecule has 146 valence electrons. The van der Waals surface area contributed by atoms with E-state index in [2.05, 4.69) is 6.92 Å². The topological polar surface area (TPSA) is 66.9 Å². The van der Waals surface area contributed by atoms with Gasteiger partial charge in [0.05, 0.1) is 19.7 Å². The number of fused-ring (bicyclic) bond motifs is 1. The first-order chi connectivity index (χ1) is 13.6. The first kappa shape index (κ1) is 18.6. The highest BCUT2D eigenvalue weighted by Crippen LogP contribution is 2.34. The molecule has 5 nitrogen and oxygen atoms in total. The molecule has 2 atom stereocenters. The van der Waals surface area contributed by atoms with Crippen LogP contribution in [0.15, 0.2) is 51.7 Å². The molecule has 0 bridgehead atoms. The van der Waals surface area contributed by atoms with Crippen LogP contribution in [-0.2, 0) is 6.54 Å². The maximum atomic E-state index is 12.9. The molecule has 1 saturated heterocycles. The number of quaternary nitrogens is 1.